The second-order valence-corrected chi connectivity index (χ2v) is 3.27. The van der Waals surface area contributed by atoms with Gasteiger partial charge in [-0.25, -0.2) is 8.78 Å². The largest absolute Gasteiger partial charge is 0.330 e. The lowest BCUT2D eigenvalue weighted by Gasteiger charge is -2.01. The van der Waals surface area contributed by atoms with E-state index in [9.17, 15) is 8.78 Å². The molecule has 0 atom stereocenters. The van der Waals surface area contributed by atoms with E-state index in [1.54, 1.807) is 0 Å². The van der Waals surface area contributed by atoms with Gasteiger partial charge in [-0.15, -0.1) is 0 Å². The topological polar surface area (TPSA) is 26.0 Å². The van der Waals surface area contributed by atoms with Gasteiger partial charge in [0.1, 0.15) is 0 Å². The second-order valence-electron chi connectivity index (χ2n) is 2.41. The molecule has 1 nitrogen and oxygen atoms in total. The first-order valence-corrected chi connectivity index (χ1v) is 4.28. The van der Waals surface area contributed by atoms with E-state index in [1.807, 2.05) is 0 Å². The Labute approximate surface area is 77.7 Å². The zero-order chi connectivity index (χ0) is 9.14. The maximum atomic E-state index is 12.7. The number of halogens is 3. The van der Waals surface area contributed by atoms with Crippen molar-refractivity contribution in [2.24, 2.45) is 5.73 Å². The molecule has 4 heteroatoms. The smallest absolute Gasteiger partial charge is 0.172 e. The van der Waals surface area contributed by atoms with E-state index >= 15 is 0 Å². The number of hydrogen-bond donors (Lipinski definition) is 1. The van der Waals surface area contributed by atoms with E-state index < -0.39 is 11.6 Å². The fraction of sp³-hybridized carbons (Fsp3) is 0.250. The fourth-order valence-electron chi connectivity index (χ4n) is 0.919. The Morgan fingerprint density at radius 1 is 1.33 bits per heavy atom. The molecule has 0 aliphatic carbocycles. The van der Waals surface area contributed by atoms with Crippen molar-refractivity contribution >= 4 is 15.9 Å². The monoisotopic (exact) mass is 235 g/mol. The standard InChI is InChI=1S/C8H8BrF2N/c9-6-3-5(1-2-12)4-7(10)8(6)11/h3-4H,1-2,12H2. The Morgan fingerprint density at radius 2 is 2.00 bits per heavy atom. The highest BCUT2D eigenvalue weighted by atomic mass is 79.9. The first-order valence-electron chi connectivity index (χ1n) is 3.48. The predicted octanol–water partition coefficient (Wildman–Crippen LogP) is 2.23. The quantitative estimate of drug-likeness (QED) is 0.783. The van der Waals surface area contributed by atoms with Crippen LogP contribution in [0.3, 0.4) is 0 Å². The summed E-state index contributed by atoms with van der Waals surface area (Å²) in [6.07, 6.45) is 0.551. The van der Waals surface area contributed by atoms with Crippen LogP contribution in [0.2, 0.25) is 0 Å². The van der Waals surface area contributed by atoms with E-state index in [-0.39, 0.29) is 4.47 Å². The number of hydrogen-bond acceptors (Lipinski definition) is 1. The third kappa shape index (κ3) is 2.01. The van der Waals surface area contributed by atoms with Crippen LogP contribution in [0.15, 0.2) is 16.6 Å². The Balaban J connectivity index is 3.04. The molecular formula is C8H8BrF2N. The summed E-state index contributed by atoms with van der Waals surface area (Å²) in [6, 6.07) is 2.69. The minimum atomic E-state index is -0.851. The van der Waals surface area contributed by atoms with Crippen molar-refractivity contribution in [3.05, 3.63) is 33.8 Å². The number of nitrogens with two attached hydrogens (primary N) is 1. The number of rotatable bonds is 2. The van der Waals surface area contributed by atoms with E-state index in [1.165, 1.54) is 6.07 Å². The minimum absolute atomic E-state index is 0.144. The lowest BCUT2D eigenvalue weighted by atomic mass is 10.1. The van der Waals surface area contributed by atoms with Gasteiger partial charge in [0.05, 0.1) is 4.47 Å². The van der Waals surface area contributed by atoms with Gasteiger partial charge < -0.3 is 5.73 Å². The van der Waals surface area contributed by atoms with Crippen LogP contribution in [0.5, 0.6) is 0 Å². The summed E-state index contributed by atoms with van der Waals surface area (Å²) in [5.41, 5.74) is 5.96. The molecular weight excluding hydrogens is 228 g/mol. The zero-order valence-corrected chi connectivity index (χ0v) is 7.87. The van der Waals surface area contributed by atoms with Crippen molar-refractivity contribution in [1.82, 2.24) is 0 Å². The third-order valence-corrected chi connectivity index (χ3v) is 2.05. The van der Waals surface area contributed by atoms with Crippen LogP contribution in [0.4, 0.5) is 8.78 Å². The average molecular weight is 236 g/mol. The maximum absolute atomic E-state index is 12.7. The number of benzene rings is 1. The lowest BCUT2D eigenvalue weighted by Crippen LogP contribution is -2.03. The Kier molecular flexibility index (Phi) is 3.17. The highest BCUT2D eigenvalue weighted by Crippen LogP contribution is 2.20. The molecule has 0 heterocycles. The van der Waals surface area contributed by atoms with Crippen LogP contribution < -0.4 is 5.73 Å². The molecule has 0 fully saturated rings. The molecule has 66 valence electrons. The van der Waals surface area contributed by atoms with Crippen molar-refractivity contribution < 1.29 is 8.78 Å². The first kappa shape index (κ1) is 9.61. The van der Waals surface area contributed by atoms with E-state index in [2.05, 4.69) is 15.9 Å². The van der Waals surface area contributed by atoms with Crippen molar-refractivity contribution in [2.75, 3.05) is 6.54 Å². The zero-order valence-electron chi connectivity index (χ0n) is 6.28. The molecule has 0 amide bonds. The Hall–Kier alpha value is -0.480. The molecule has 12 heavy (non-hydrogen) atoms. The van der Waals surface area contributed by atoms with Crippen LogP contribution in [0.25, 0.3) is 0 Å². The maximum Gasteiger partial charge on any atom is 0.172 e. The summed E-state index contributed by atoms with van der Waals surface area (Å²) in [7, 11) is 0. The predicted molar refractivity (Wildman–Crippen MR) is 46.8 cm³/mol. The minimum Gasteiger partial charge on any atom is -0.330 e. The van der Waals surface area contributed by atoms with Crippen LogP contribution in [-0.2, 0) is 6.42 Å². The molecule has 0 aliphatic rings. The molecule has 2 N–H and O–H groups in total. The van der Waals surface area contributed by atoms with E-state index in [0.29, 0.717) is 18.5 Å². The van der Waals surface area contributed by atoms with Crippen molar-refractivity contribution in [3.63, 3.8) is 0 Å². The fourth-order valence-corrected chi connectivity index (χ4v) is 1.40. The third-order valence-electron chi connectivity index (χ3n) is 1.48. The lowest BCUT2D eigenvalue weighted by molar-refractivity contribution is 0.502. The highest BCUT2D eigenvalue weighted by Gasteiger charge is 2.07. The summed E-state index contributed by atoms with van der Waals surface area (Å²) >= 11 is 2.91. The van der Waals surface area contributed by atoms with Gasteiger partial charge in [-0.2, -0.15) is 0 Å². The molecule has 0 aromatic heterocycles. The highest BCUT2D eigenvalue weighted by molar-refractivity contribution is 9.10. The summed E-state index contributed by atoms with van der Waals surface area (Å²) in [4.78, 5) is 0. The summed E-state index contributed by atoms with van der Waals surface area (Å²) in [5, 5.41) is 0. The van der Waals surface area contributed by atoms with Gasteiger partial charge in [0.25, 0.3) is 0 Å². The molecule has 0 radical (unpaired) electrons. The molecule has 1 aromatic rings. The molecule has 0 bridgehead atoms. The van der Waals surface area contributed by atoms with Crippen LogP contribution in [0, 0.1) is 11.6 Å². The average Bonchev–Trinajstić information content (AvgIpc) is 2.01. The van der Waals surface area contributed by atoms with Gasteiger partial charge in [0, 0.05) is 0 Å². The molecule has 1 aromatic carbocycles. The molecule has 0 saturated carbocycles. The van der Waals surface area contributed by atoms with Gasteiger partial charge >= 0.3 is 0 Å². The molecule has 0 unspecified atom stereocenters. The second kappa shape index (κ2) is 3.96. The van der Waals surface area contributed by atoms with Gasteiger partial charge in [0.2, 0.25) is 0 Å². The normalized spacial score (nSPS) is 10.3. The van der Waals surface area contributed by atoms with Gasteiger partial charge in [-0.1, -0.05) is 0 Å². The molecule has 0 saturated heterocycles. The van der Waals surface area contributed by atoms with Crippen LogP contribution in [0.1, 0.15) is 5.56 Å². The van der Waals surface area contributed by atoms with E-state index in [0.717, 1.165) is 6.07 Å². The SMILES string of the molecule is NCCc1cc(F)c(F)c(Br)c1. The summed E-state index contributed by atoms with van der Waals surface area (Å²) in [5.74, 6) is -1.69. The molecule has 0 spiro atoms. The Bertz CT molecular complexity index is 265. The summed E-state index contributed by atoms with van der Waals surface area (Å²) < 4.78 is 25.6. The van der Waals surface area contributed by atoms with Crippen molar-refractivity contribution in [3.8, 4) is 0 Å². The molecule has 0 aliphatic heterocycles. The first-order chi connectivity index (χ1) is 5.65. The van der Waals surface area contributed by atoms with Gasteiger partial charge in [-0.3, -0.25) is 0 Å². The van der Waals surface area contributed by atoms with Crippen molar-refractivity contribution in [1.29, 1.82) is 0 Å². The van der Waals surface area contributed by atoms with Gasteiger partial charge in [0.15, 0.2) is 11.6 Å². The van der Waals surface area contributed by atoms with Crippen LogP contribution in [-0.4, -0.2) is 6.54 Å². The summed E-state index contributed by atoms with van der Waals surface area (Å²) in [6.45, 7) is 0.428. The Morgan fingerprint density at radius 3 is 2.50 bits per heavy atom. The van der Waals surface area contributed by atoms with E-state index in [4.69, 9.17) is 5.73 Å². The van der Waals surface area contributed by atoms with Crippen LogP contribution >= 0.6 is 15.9 Å². The molecule has 1 rings (SSSR count). The van der Waals surface area contributed by atoms with Gasteiger partial charge in [-0.05, 0) is 46.6 Å². The van der Waals surface area contributed by atoms with Crippen molar-refractivity contribution in [2.45, 2.75) is 6.42 Å².